The van der Waals surface area contributed by atoms with Gasteiger partial charge in [-0.25, -0.2) is 0 Å². The molecule has 0 rings (SSSR count). The Bertz CT molecular complexity index is 514. The van der Waals surface area contributed by atoms with Crippen LogP contribution in [0.5, 0.6) is 0 Å². The molecule has 0 saturated carbocycles. The number of rotatable bonds is 28. The third-order valence-corrected chi connectivity index (χ3v) is 6.99. The van der Waals surface area contributed by atoms with Gasteiger partial charge < -0.3 is 9.84 Å². The Hall–Kier alpha value is -1.32. The van der Waals surface area contributed by atoms with Crippen molar-refractivity contribution in [2.75, 3.05) is 0 Å². The van der Waals surface area contributed by atoms with Gasteiger partial charge in [-0.3, -0.25) is 9.59 Å². The number of carbonyl (C=O) groups is 2. The molecule has 1 atom stereocenters. The van der Waals surface area contributed by atoms with Gasteiger partial charge in [0, 0.05) is 12.8 Å². The highest BCUT2D eigenvalue weighted by molar-refractivity contribution is 5.69. The highest BCUT2D eigenvalue weighted by atomic mass is 16.5. The van der Waals surface area contributed by atoms with Crippen molar-refractivity contribution in [2.45, 2.75) is 180 Å². The lowest BCUT2D eigenvalue weighted by Crippen LogP contribution is -2.18. The smallest absolute Gasteiger partial charge is 0.306 e. The minimum atomic E-state index is -0.703. The van der Waals surface area contributed by atoms with Gasteiger partial charge in [-0.05, 0) is 64.2 Å². The van der Waals surface area contributed by atoms with E-state index in [1.54, 1.807) is 0 Å². The van der Waals surface area contributed by atoms with Gasteiger partial charge in [0.25, 0.3) is 0 Å². The van der Waals surface area contributed by atoms with Gasteiger partial charge in [-0.15, -0.1) is 0 Å². The largest absolute Gasteiger partial charge is 0.481 e. The minimum Gasteiger partial charge on any atom is -0.481 e. The van der Waals surface area contributed by atoms with Gasteiger partial charge in [-0.1, -0.05) is 109 Å². The highest BCUT2D eigenvalue weighted by Crippen LogP contribution is 2.18. The third-order valence-electron chi connectivity index (χ3n) is 6.99. The molecule has 0 radical (unpaired) electrons. The van der Waals surface area contributed by atoms with E-state index in [-0.39, 0.29) is 18.5 Å². The summed E-state index contributed by atoms with van der Waals surface area (Å²) in [6.45, 7) is 4.49. The van der Waals surface area contributed by atoms with Crippen molar-refractivity contribution >= 4 is 11.9 Å². The van der Waals surface area contributed by atoms with Crippen molar-refractivity contribution in [1.82, 2.24) is 0 Å². The maximum atomic E-state index is 12.5. The van der Waals surface area contributed by atoms with Crippen molar-refractivity contribution in [3.63, 3.8) is 0 Å². The first-order valence-corrected chi connectivity index (χ1v) is 15.7. The van der Waals surface area contributed by atoms with Crippen molar-refractivity contribution in [2.24, 2.45) is 0 Å². The number of carboxylic acids is 1. The van der Waals surface area contributed by atoms with Crippen LogP contribution in [0.1, 0.15) is 174 Å². The third kappa shape index (κ3) is 27.3. The molecule has 1 unspecified atom stereocenters. The summed E-state index contributed by atoms with van der Waals surface area (Å²) in [5.74, 6) is -0.714. The molecule has 0 aromatic rings. The predicted molar refractivity (Wildman–Crippen MR) is 153 cm³/mol. The van der Waals surface area contributed by atoms with Crippen LogP contribution in [0.15, 0.2) is 12.2 Å². The molecule has 0 heterocycles. The summed E-state index contributed by atoms with van der Waals surface area (Å²) in [4.78, 5) is 23.1. The first kappa shape index (κ1) is 34.7. The number of ether oxygens (including phenoxy) is 1. The zero-order valence-corrected chi connectivity index (χ0v) is 24.1. The van der Waals surface area contributed by atoms with Gasteiger partial charge in [0.1, 0.15) is 6.10 Å². The topological polar surface area (TPSA) is 63.6 Å². The summed E-state index contributed by atoms with van der Waals surface area (Å²) in [5.41, 5.74) is 0. The van der Waals surface area contributed by atoms with Gasteiger partial charge in [0.2, 0.25) is 0 Å². The first-order chi connectivity index (χ1) is 17.6. The second-order valence-corrected chi connectivity index (χ2v) is 10.6. The summed E-state index contributed by atoms with van der Waals surface area (Å²) in [5, 5.41) is 8.74. The Balaban J connectivity index is 3.98. The predicted octanol–water partition coefficient (Wildman–Crippen LogP) is 10.3. The number of carbonyl (C=O) groups excluding carboxylic acids is 1. The summed E-state index contributed by atoms with van der Waals surface area (Å²) >= 11 is 0. The van der Waals surface area contributed by atoms with E-state index in [2.05, 4.69) is 26.0 Å². The molecule has 0 aliphatic rings. The molecule has 212 valence electrons. The Labute approximate surface area is 224 Å². The lowest BCUT2D eigenvalue weighted by molar-refractivity contribution is -0.150. The zero-order chi connectivity index (χ0) is 26.5. The molecule has 0 aromatic heterocycles. The van der Waals surface area contributed by atoms with Crippen LogP contribution in [0.25, 0.3) is 0 Å². The lowest BCUT2D eigenvalue weighted by Gasteiger charge is -2.18. The molecule has 1 N–H and O–H groups in total. The van der Waals surface area contributed by atoms with E-state index in [4.69, 9.17) is 9.84 Å². The molecule has 4 heteroatoms. The SMILES string of the molecule is CCCCC/C=C\CCCCCCCC(=O)OC(CCCCCCCC)CCCCCCCC(=O)O. The minimum absolute atomic E-state index is 0.0116. The van der Waals surface area contributed by atoms with E-state index >= 15 is 0 Å². The van der Waals surface area contributed by atoms with Gasteiger partial charge in [0.05, 0.1) is 0 Å². The van der Waals surface area contributed by atoms with Crippen LogP contribution in [0.4, 0.5) is 0 Å². The van der Waals surface area contributed by atoms with Crippen molar-refractivity contribution in [3.05, 3.63) is 12.2 Å². The lowest BCUT2D eigenvalue weighted by atomic mass is 10.0. The number of unbranched alkanes of at least 4 members (excludes halogenated alkanes) is 17. The molecule has 36 heavy (non-hydrogen) atoms. The van der Waals surface area contributed by atoms with Crippen molar-refractivity contribution in [1.29, 1.82) is 0 Å². The second-order valence-electron chi connectivity index (χ2n) is 10.6. The standard InChI is InChI=1S/C32H60O4/c1-3-5-7-9-11-12-13-14-15-16-21-25-29-32(35)36-30(26-22-18-10-8-6-4-2)27-23-19-17-20-24-28-31(33)34/h11-12,30H,3-10,13-29H2,1-2H3,(H,33,34)/b12-11-. The average molecular weight is 509 g/mol. The summed E-state index contributed by atoms with van der Waals surface area (Å²) in [7, 11) is 0. The van der Waals surface area contributed by atoms with Crippen molar-refractivity contribution in [3.8, 4) is 0 Å². The van der Waals surface area contributed by atoms with Crippen LogP contribution in [0.2, 0.25) is 0 Å². The Morgan fingerprint density at radius 2 is 1.00 bits per heavy atom. The van der Waals surface area contributed by atoms with Crippen LogP contribution in [-0.4, -0.2) is 23.1 Å². The monoisotopic (exact) mass is 508 g/mol. The maximum Gasteiger partial charge on any atom is 0.306 e. The fourth-order valence-electron chi connectivity index (χ4n) is 4.65. The van der Waals surface area contributed by atoms with E-state index in [1.807, 2.05) is 0 Å². The first-order valence-electron chi connectivity index (χ1n) is 15.7. The number of hydrogen-bond donors (Lipinski definition) is 1. The molecule has 4 nitrogen and oxygen atoms in total. The summed E-state index contributed by atoms with van der Waals surface area (Å²) in [6.07, 6.45) is 32.2. The summed E-state index contributed by atoms with van der Waals surface area (Å²) in [6, 6.07) is 0. The number of carboxylic acid groups (broad SMARTS) is 1. The van der Waals surface area contributed by atoms with E-state index in [1.165, 1.54) is 83.5 Å². The van der Waals surface area contributed by atoms with Crippen LogP contribution < -0.4 is 0 Å². The fourth-order valence-corrected chi connectivity index (χ4v) is 4.65. The quantitative estimate of drug-likeness (QED) is 0.0648. The second kappa shape index (κ2) is 28.3. The molecule has 0 fully saturated rings. The number of esters is 1. The normalized spacial score (nSPS) is 12.3. The van der Waals surface area contributed by atoms with Crippen LogP contribution >= 0.6 is 0 Å². The molecule has 0 aliphatic carbocycles. The molecule has 0 bridgehead atoms. The fraction of sp³-hybridized carbons (Fsp3) is 0.875. The van der Waals surface area contributed by atoms with Crippen LogP contribution in [-0.2, 0) is 14.3 Å². The van der Waals surface area contributed by atoms with Crippen LogP contribution in [0, 0.1) is 0 Å². The van der Waals surface area contributed by atoms with E-state index < -0.39 is 5.97 Å². The van der Waals surface area contributed by atoms with Crippen LogP contribution in [0.3, 0.4) is 0 Å². The molecule has 0 spiro atoms. The molecular weight excluding hydrogens is 448 g/mol. The Morgan fingerprint density at radius 3 is 1.56 bits per heavy atom. The van der Waals surface area contributed by atoms with Gasteiger partial charge >= 0.3 is 11.9 Å². The molecular formula is C32H60O4. The summed E-state index contributed by atoms with van der Waals surface area (Å²) < 4.78 is 5.91. The van der Waals surface area contributed by atoms with E-state index in [9.17, 15) is 9.59 Å². The Kier molecular flexibility index (Phi) is 27.2. The van der Waals surface area contributed by atoms with E-state index in [0.717, 1.165) is 64.2 Å². The van der Waals surface area contributed by atoms with Gasteiger partial charge in [0.15, 0.2) is 0 Å². The average Bonchev–Trinajstić information content (AvgIpc) is 2.85. The Morgan fingerprint density at radius 1 is 0.583 bits per heavy atom. The zero-order valence-electron chi connectivity index (χ0n) is 24.1. The molecule has 0 aromatic carbocycles. The molecule has 0 amide bonds. The maximum absolute atomic E-state index is 12.5. The molecule has 0 saturated heterocycles. The number of allylic oxidation sites excluding steroid dienone is 2. The highest BCUT2D eigenvalue weighted by Gasteiger charge is 2.14. The van der Waals surface area contributed by atoms with Gasteiger partial charge in [-0.2, -0.15) is 0 Å². The van der Waals surface area contributed by atoms with Crippen molar-refractivity contribution < 1.29 is 19.4 Å². The number of hydrogen-bond acceptors (Lipinski definition) is 3. The number of aliphatic carboxylic acids is 1. The molecule has 0 aliphatic heterocycles. The van der Waals surface area contributed by atoms with E-state index in [0.29, 0.717) is 6.42 Å².